The van der Waals surface area contributed by atoms with Crippen molar-refractivity contribution in [3.8, 4) is 5.75 Å². The Bertz CT molecular complexity index is 641. The molecule has 104 valence electrons. The first-order chi connectivity index (χ1) is 9.61. The van der Waals surface area contributed by atoms with Gasteiger partial charge in [-0.15, -0.1) is 11.3 Å². The summed E-state index contributed by atoms with van der Waals surface area (Å²) in [6.45, 7) is 0. The molecule has 1 aromatic heterocycles. The molecule has 1 amide bonds. The van der Waals surface area contributed by atoms with Crippen LogP contribution >= 0.6 is 27.3 Å². The Hall–Kier alpha value is -1.37. The zero-order chi connectivity index (χ0) is 14.3. The number of carbonyl (C=O) groups is 1. The van der Waals surface area contributed by atoms with Gasteiger partial charge in [0, 0.05) is 10.6 Å². The number of β-lactam (4-membered cyclic amide) rings is 1. The SMILES string of the molecule is COc1ccc(N2C(=O)[C@@H](N)[C@@H]2c2ccc(Br)s2)cc1. The average molecular weight is 353 g/mol. The summed E-state index contributed by atoms with van der Waals surface area (Å²) in [5, 5.41) is 0. The number of anilines is 1. The van der Waals surface area contributed by atoms with Crippen LogP contribution < -0.4 is 15.4 Å². The summed E-state index contributed by atoms with van der Waals surface area (Å²) in [5.41, 5.74) is 6.81. The molecule has 20 heavy (non-hydrogen) atoms. The largest absolute Gasteiger partial charge is 0.497 e. The van der Waals surface area contributed by atoms with E-state index >= 15 is 0 Å². The smallest absolute Gasteiger partial charge is 0.247 e. The maximum Gasteiger partial charge on any atom is 0.247 e. The molecule has 3 rings (SSSR count). The third-order valence-electron chi connectivity index (χ3n) is 3.38. The lowest BCUT2D eigenvalue weighted by Gasteiger charge is -2.44. The van der Waals surface area contributed by atoms with Gasteiger partial charge in [-0.05, 0) is 52.3 Å². The summed E-state index contributed by atoms with van der Waals surface area (Å²) in [6, 6.07) is 10.8. The lowest BCUT2D eigenvalue weighted by molar-refractivity contribution is -0.126. The molecule has 0 saturated carbocycles. The van der Waals surface area contributed by atoms with Gasteiger partial charge in [0.1, 0.15) is 11.8 Å². The van der Waals surface area contributed by atoms with Gasteiger partial charge in [-0.1, -0.05) is 0 Å². The van der Waals surface area contributed by atoms with Crippen LogP contribution in [-0.4, -0.2) is 19.1 Å². The number of nitrogens with zero attached hydrogens (tertiary/aromatic N) is 1. The Morgan fingerprint density at radius 1 is 1.25 bits per heavy atom. The molecule has 1 aromatic carbocycles. The number of carbonyl (C=O) groups excluding carboxylic acids is 1. The lowest BCUT2D eigenvalue weighted by atomic mass is 9.93. The van der Waals surface area contributed by atoms with Gasteiger partial charge in [0.05, 0.1) is 16.9 Å². The molecule has 1 aliphatic rings. The Labute approximate surface area is 129 Å². The molecule has 2 N–H and O–H groups in total. The maximum absolute atomic E-state index is 12.1. The molecule has 0 unspecified atom stereocenters. The van der Waals surface area contributed by atoms with Gasteiger partial charge in [0.2, 0.25) is 5.91 Å². The minimum absolute atomic E-state index is 0.0512. The second kappa shape index (κ2) is 5.20. The van der Waals surface area contributed by atoms with Crippen LogP contribution in [0.2, 0.25) is 0 Å². The maximum atomic E-state index is 12.1. The van der Waals surface area contributed by atoms with Crippen molar-refractivity contribution in [2.75, 3.05) is 12.0 Å². The standard InChI is InChI=1S/C14H13BrN2O2S/c1-19-9-4-2-8(3-5-9)17-13(12(16)14(17)18)10-6-7-11(15)20-10/h2-7,12-13H,16H2,1H3/t12-,13-/m0/s1. The second-order valence-corrected chi connectivity index (χ2v) is 7.01. The molecule has 6 heteroatoms. The first-order valence-electron chi connectivity index (χ1n) is 6.10. The Kier molecular flexibility index (Phi) is 3.54. The van der Waals surface area contributed by atoms with E-state index in [0.29, 0.717) is 0 Å². The predicted octanol–water partition coefficient (Wildman–Crippen LogP) is 2.93. The monoisotopic (exact) mass is 352 g/mol. The van der Waals surface area contributed by atoms with Crippen molar-refractivity contribution in [3.63, 3.8) is 0 Å². The molecule has 0 bridgehead atoms. The minimum Gasteiger partial charge on any atom is -0.497 e. The highest BCUT2D eigenvalue weighted by Gasteiger charge is 2.47. The minimum atomic E-state index is -0.470. The number of ether oxygens (including phenoxy) is 1. The number of hydrogen-bond acceptors (Lipinski definition) is 4. The Morgan fingerprint density at radius 3 is 2.50 bits per heavy atom. The van der Waals surface area contributed by atoms with E-state index in [-0.39, 0.29) is 11.9 Å². The van der Waals surface area contributed by atoms with Gasteiger partial charge in [0.25, 0.3) is 0 Å². The van der Waals surface area contributed by atoms with Crippen molar-refractivity contribution in [1.29, 1.82) is 0 Å². The highest BCUT2D eigenvalue weighted by molar-refractivity contribution is 9.11. The summed E-state index contributed by atoms with van der Waals surface area (Å²) in [5.74, 6) is 0.714. The van der Waals surface area contributed by atoms with Crippen LogP contribution in [0.1, 0.15) is 10.9 Å². The van der Waals surface area contributed by atoms with Gasteiger partial charge < -0.3 is 15.4 Å². The molecular formula is C14H13BrN2O2S. The number of halogens is 1. The Morgan fingerprint density at radius 2 is 1.95 bits per heavy atom. The number of rotatable bonds is 3. The van der Waals surface area contributed by atoms with Gasteiger partial charge in [0.15, 0.2) is 0 Å². The van der Waals surface area contributed by atoms with Crippen molar-refractivity contribution < 1.29 is 9.53 Å². The van der Waals surface area contributed by atoms with Crippen LogP contribution in [0.5, 0.6) is 5.75 Å². The summed E-state index contributed by atoms with van der Waals surface area (Å²) in [7, 11) is 1.62. The molecule has 0 radical (unpaired) electrons. The van der Waals surface area contributed by atoms with Crippen LogP contribution in [0.3, 0.4) is 0 Å². The number of benzene rings is 1. The van der Waals surface area contributed by atoms with E-state index in [4.69, 9.17) is 10.5 Å². The van der Waals surface area contributed by atoms with Crippen LogP contribution in [0.4, 0.5) is 5.69 Å². The molecular weight excluding hydrogens is 340 g/mol. The number of thiophene rings is 1. The molecule has 2 aromatic rings. The van der Waals surface area contributed by atoms with Crippen molar-refractivity contribution in [2.45, 2.75) is 12.1 Å². The van der Waals surface area contributed by atoms with Crippen LogP contribution in [0.25, 0.3) is 0 Å². The normalized spacial score (nSPS) is 21.8. The molecule has 2 heterocycles. The highest BCUT2D eigenvalue weighted by Crippen LogP contribution is 2.41. The molecule has 4 nitrogen and oxygen atoms in total. The van der Waals surface area contributed by atoms with Gasteiger partial charge in [-0.2, -0.15) is 0 Å². The zero-order valence-electron chi connectivity index (χ0n) is 10.7. The third kappa shape index (κ3) is 2.13. The summed E-state index contributed by atoms with van der Waals surface area (Å²) in [6.07, 6.45) is 0. The lowest BCUT2D eigenvalue weighted by Crippen LogP contribution is -2.63. The van der Waals surface area contributed by atoms with E-state index < -0.39 is 6.04 Å². The zero-order valence-corrected chi connectivity index (χ0v) is 13.1. The van der Waals surface area contributed by atoms with E-state index in [1.807, 2.05) is 36.4 Å². The number of hydrogen-bond donors (Lipinski definition) is 1. The highest BCUT2D eigenvalue weighted by atomic mass is 79.9. The van der Waals surface area contributed by atoms with Crippen LogP contribution in [-0.2, 0) is 4.79 Å². The molecule has 0 aliphatic carbocycles. The fourth-order valence-corrected chi connectivity index (χ4v) is 3.90. The van der Waals surface area contributed by atoms with Crippen molar-refractivity contribution in [3.05, 3.63) is 45.1 Å². The van der Waals surface area contributed by atoms with Gasteiger partial charge in [-0.3, -0.25) is 4.79 Å². The third-order valence-corrected chi connectivity index (χ3v) is 5.07. The fraction of sp³-hybridized carbons (Fsp3) is 0.214. The average Bonchev–Trinajstić information content (AvgIpc) is 2.89. The van der Waals surface area contributed by atoms with E-state index in [9.17, 15) is 4.79 Å². The first kappa shape index (κ1) is 13.6. The number of nitrogens with two attached hydrogens (primary N) is 1. The van der Waals surface area contributed by atoms with Crippen molar-refractivity contribution in [2.24, 2.45) is 5.73 Å². The Balaban J connectivity index is 1.92. The number of methoxy groups -OCH3 is 1. The molecule has 0 spiro atoms. The summed E-state index contributed by atoms with van der Waals surface area (Å²) < 4.78 is 6.17. The molecule has 1 fully saturated rings. The quantitative estimate of drug-likeness (QED) is 0.864. The van der Waals surface area contributed by atoms with E-state index in [2.05, 4.69) is 15.9 Å². The van der Waals surface area contributed by atoms with E-state index in [0.717, 1.165) is 20.1 Å². The molecule has 1 saturated heterocycles. The van der Waals surface area contributed by atoms with Gasteiger partial charge in [-0.25, -0.2) is 0 Å². The van der Waals surface area contributed by atoms with E-state index in [1.165, 1.54) is 0 Å². The fourth-order valence-electron chi connectivity index (χ4n) is 2.33. The predicted molar refractivity (Wildman–Crippen MR) is 83.2 cm³/mol. The second-order valence-electron chi connectivity index (χ2n) is 4.52. The van der Waals surface area contributed by atoms with Crippen molar-refractivity contribution >= 4 is 38.9 Å². The van der Waals surface area contributed by atoms with Crippen molar-refractivity contribution in [1.82, 2.24) is 0 Å². The van der Waals surface area contributed by atoms with Crippen LogP contribution in [0, 0.1) is 0 Å². The summed E-state index contributed by atoms with van der Waals surface area (Å²) in [4.78, 5) is 14.9. The van der Waals surface area contributed by atoms with Gasteiger partial charge >= 0.3 is 0 Å². The summed E-state index contributed by atoms with van der Waals surface area (Å²) >= 11 is 5.04. The molecule has 1 aliphatic heterocycles. The number of amides is 1. The van der Waals surface area contributed by atoms with Crippen LogP contribution in [0.15, 0.2) is 40.2 Å². The van der Waals surface area contributed by atoms with E-state index in [1.54, 1.807) is 23.3 Å². The topological polar surface area (TPSA) is 55.6 Å². The first-order valence-corrected chi connectivity index (χ1v) is 7.70. The molecule has 2 atom stereocenters.